The Morgan fingerprint density at radius 2 is 2.07 bits per heavy atom. The molecule has 1 aliphatic rings. The fraction of sp³-hybridized carbons (Fsp3) is 0.538. The summed E-state index contributed by atoms with van der Waals surface area (Å²) >= 11 is 0. The molecule has 0 spiro atoms. The summed E-state index contributed by atoms with van der Waals surface area (Å²) in [7, 11) is 2.14. The van der Waals surface area contributed by atoms with Crippen LogP contribution in [0.2, 0.25) is 0 Å². The SMILES string of the molecule is CCN(C)c1ccccc1NC1CCC1. The lowest BCUT2D eigenvalue weighted by atomic mass is 9.93. The van der Waals surface area contributed by atoms with E-state index in [1.807, 2.05) is 0 Å². The molecule has 1 fully saturated rings. The Kier molecular flexibility index (Phi) is 3.14. The fourth-order valence-electron chi connectivity index (χ4n) is 1.87. The van der Waals surface area contributed by atoms with Crippen molar-refractivity contribution in [2.45, 2.75) is 32.2 Å². The van der Waals surface area contributed by atoms with Crippen LogP contribution in [-0.4, -0.2) is 19.6 Å². The number of anilines is 2. The van der Waals surface area contributed by atoms with Crippen LogP contribution in [0.3, 0.4) is 0 Å². The van der Waals surface area contributed by atoms with Gasteiger partial charge in [-0.15, -0.1) is 0 Å². The average molecular weight is 204 g/mol. The Hall–Kier alpha value is -1.18. The zero-order valence-corrected chi connectivity index (χ0v) is 9.66. The van der Waals surface area contributed by atoms with E-state index in [9.17, 15) is 0 Å². The van der Waals surface area contributed by atoms with Gasteiger partial charge in [0.1, 0.15) is 0 Å². The molecule has 0 aromatic heterocycles. The highest BCUT2D eigenvalue weighted by Crippen LogP contribution is 2.29. The van der Waals surface area contributed by atoms with Crippen LogP contribution in [-0.2, 0) is 0 Å². The van der Waals surface area contributed by atoms with E-state index in [1.165, 1.54) is 30.6 Å². The van der Waals surface area contributed by atoms with Crippen LogP contribution < -0.4 is 10.2 Å². The Morgan fingerprint density at radius 3 is 2.67 bits per heavy atom. The molecule has 1 saturated carbocycles. The normalized spacial score (nSPS) is 15.9. The van der Waals surface area contributed by atoms with Gasteiger partial charge >= 0.3 is 0 Å². The molecule has 82 valence electrons. The number of hydrogen-bond acceptors (Lipinski definition) is 2. The van der Waals surface area contributed by atoms with Gasteiger partial charge in [-0.05, 0) is 38.3 Å². The molecule has 0 heterocycles. The molecule has 1 aromatic carbocycles. The predicted molar refractivity (Wildman–Crippen MR) is 66.6 cm³/mol. The first kappa shape index (κ1) is 10.3. The third-order valence-corrected chi connectivity index (χ3v) is 3.25. The predicted octanol–water partition coefficient (Wildman–Crippen LogP) is 3.11. The van der Waals surface area contributed by atoms with E-state index < -0.39 is 0 Å². The molecule has 1 N–H and O–H groups in total. The van der Waals surface area contributed by atoms with E-state index in [2.05, 4.69) is 48.5 Å². The number of rotatable bonds is 4. The van der Waals surface area contributed by atoms with Gasteiger partial charge in [0, 0.05) is 19.6 Å². The van der Waals surface area contributed by atoms with E-state index in [0.29, 0.717) is 6.04 Å². The van der Waals surface area contributed by atoms with Crippen molar-refractivity contribution < 1.29 is 0 Å². The van der Waals surface area contributed by atoms with Crippen LogP contribution in [0.1, 0.15) is 26.2 Å². The molecule has 1 aliphatic carbocycles. The first-order valence-electron chi connectivity index (χ1n) is 5.88. The molecular formula is C13H20N2. The van der Waals surface area contributed by atoms with Gasteiger partial charge in [0.05, 0.1) is 11.4 Å². The molecule has 2 rings (SSSR count). The van der Waals surface area contributed by atoms with E-state index in [0.717, 1.165) is 6.54 Å². The molecule has 0 radical (unpaired) electrons. The van der Waals surface area contributed by atoms with E-state index in [-0.39, 0.29) is 0 Å². The van der Waals surface area contributed by atoms with Crippen molar-refractivity contribution in [2.75, 3.05) is 23.8 Å². The summed E-state index contributed by atoms with van der Waals surface area (Å²) in [6.45, 7) is 3.23. The van der Waals surface area contributed by atoms with Crippen molar-refractivity contribution >= 4 is 11.4 Å². The average Bonchev–Trinajstić information content (AvgIpc) is 2.23. The van der Waals surface area contributed by atoms with Crippen LogP contribution in [0.25, 0.3) is 0 Å². The third kappa shape index (κ3) is 2.25. The smallest absolute Gasteiger partial charge is 0.0599 e. The summed E-state index contributed by atoms with van der Waals surface area (Å²) in [6, 6.07) is 9.28. The topological polar surface area (TPSA) is 15.3 Å². The first-order valence-corrected chi connectivity index (χ1v) is 5.88. The van der Waals surface area contributed by atoms with Gasteiger partial charge in [-0.1, -0.05) is 12.1 Å². The highest BCUT2D eigenvalue weighted by molar-refractivity contribution is 5.70. The molecule has 0 aliphatic heterocycles. The standard InChI is InChI=1S/C13H20N2/c1-3-15(2)13-10-5-4-9-12(13)14-11-7-6-8-11/h4-5,9-11,14H,3,6-8H2,1-2H3. The van der Waals surface area contributed by atoms with Gasteiger partial charge < -0.3 is 10.2 Å². The molecule has 1 aromatic rings. The molecule has 0 amide bonds. The number of para-hydroxylation sites is 2. The molecule has 0 bridgehead atoms. The quantitative estimate of drug-likeness (QED) is 0.810. The molecule has 0 unspecified atom stereocenters. The van der Waals surface area contributed by atoms with Crippen molar-refractivity contribution in [3.63, 3.8) is 0 Å². The minimum absolute atomic E-state index is 0.705. The monoisotopic (exact) mass is 204 g/mol. The molecule has 2 nitrogen and oxygen atoms in total. The summed E-state index contributed by atoms with van der Waals surface area (Å²) < 4.78 is 0. The van der Waals surface area contributed by atoms with E-state index >= 15 is 0 Å². The van der Waals surface area contributed by atoms with Crippen LogP contribution in [0.15, 0.2) is 24.3 Å². The van der Waals surface area contributed by atoms with E-state index in [4.69, 9.17) is 0 Å². The lowest BCUT2D eigenvalue weighted by molar-refractivity contribution is 0.445. The summed E-state index contributed by atoms with van der Waals surface area (Å²) in [5.74, 6) is 0. The van der Waals surface area contributed by atoms with Gasteiger partial charge in [-0.2, -0.15) is 0 Å². The third-order valence-electron chi connectivity index (χ3n) is 3.25. The van der Waals surface area contributed by atoms with Gasteiger partial charge in [0.2, 0.25) is 0 Å². The van der Waals surface area contributed by atoms with Gasteiger partial charge in [-0.25, -0.2) is 0 Å². The molecule has 15 heavy (non-hydrogen) atoms. The highest BCUT2D eigenvalue weighted by atomic mass is 15.1. The zero-order valence-electron chi connectivity index (χ0n) is 9.66. The molecule has 2 heteroatoms. The van der Waals surface area contributed by atoms with Crippen LogP contribution in [0, 0.1) is 0 Å². The lowest BCUT2D eigenvalue weighted by Crippen LogP contribution is -2.28. The Balaban J connectivity index is 2.13. The minimum atomic E-state index is 0.705. The second kappa shape index (κ2) is 4.56. The fourth-order valence-corrected chi connectivity index (χ4v) is 1.87. The van der Waals surface area contributed by atoms with Gasteiger partial charge in [-0.3, -0.25) is 0 Å². The lowest BCUT2D eigenvalue weighted by Gasteiger charge is -2.30. The number of nitrogens with zero attached hydrogens (tertiary/aromatic N) is 1. The second-order valence-corrected chi connectivity index (χ2v) is 4.30. The van der Waals surface area contributed by atoms with Gasteiger partial charge in [0.15, 0.2) is 0 Å². The Morgan fingerprint density at radius 1 is 1.33 bits per heavy atom. The zero-order chi connectivity index (χ0) is 10.7. The van der Waals surface area contributed by atoms with Crippen molar-refractivity contribution in [2.24, 2.45) is 0 Å². The summed E-state index contributed by atoms with van der Waals surface area (Å²) in [5.41, 5.74) is 2.60. The number of benzene rings is 1. The maximum atomic E-state index is 3.62. The second-order valence-electron chi connectivity index (χ2n) is 4.30. The van der Waals surface area contributed by atoms with Crippen molar-refractivity contribution in [3.05, 3.63) is 24.3 Å². The summed E-state index contributed by atoms with van der Waals surface area (Å²) in [5, 5.41) is 3.62. The van der Waals surface area contributed by atoms with Crippen molar-refractivity contribution in [1.29, 1.82) is 0 Å². The van der Waals surface area contributed by atoms with Crippen LogP contribution in [0.4, 0.5) is 11.4 Å². The molecule has 0 atom stereocenters. The Bertz CT molecular complexity index is 318. The van der Waals surface area contributed by atoms with Crippen molar-refractivity contribution in [3.8, 4) is 0 Å². The molecule has 0 saturated heterocycles. The number of hydrogen-bond donors (Lipinski definition) is 1. The minimum Gasteiger partial charge on any atom is -0.381 e. The summed E-state index contributed by atoms with van der Waals surface area (Å²) in [6.07, 6.45) is 4.03. The largest absolute Gasteiger partial charge is 0.381 e. The van der Waals surface area contributed by atoms with Crippen LogP contribution >= 0.6 is 0 Å². The maximum Gasteiger partial charge on any atom is 0.0599 e. The first-order chi connectivity index (χ1) is 7.31. The summed E-state index contributed by atoms with van der Waals surface area (Å²) in [4.78, 5) is 2.28. The molecular weight excluding hydrogens is 184 g/mol. The van der Waals surface area contributed by atoms with Gasteiger partial charge in [0.25, 0.3) is 0 Å². The van der Waals surface area contributed by atoms with Crippen molar-refractivity contribution in [1.82, 2.24) is 0 Å². The highest BCUT2D eigenvalue weighted by Gasteiger charge is 2.18. The van der Waals surface area contributed by atoms with Crippen LogP contribution in [0.5, 0.6) is 0 Å². The van der Waals surface area contributed by atoms with E-state index in [1.54, 1.807) is 0 Å². The number of nitrogens with one attached hydrogen (secondary N) is 1. The Labute approximate surface area is 92.3 Å². The maximum absolute atomic E-state index is 3.62.